The van der Waals surface area contributed by atoms with Crippen LogP contribution in [0.15, 0.2) is 16.6 Å². The lowest BCUT2D eigenvalue weighted by atomic mass is 9.92. The molecule has 0 amide bonds. The summed E-state index contributed by atoms with van der Waals surface area (Å²) in [6.07, 6.45) is 0.446. The van der Waals surface area contributed by atoms with E-state index in [4.69, 9.17) is 4.74 Å². The van der Waals surface area contributed by atoms with Crippen molar-refractivity contribution in [3.8, 4) is 5.75 Å². The minimum absolute atomic E-state index is 0.164. The van der Waals surface area contributed by atoms with Crippen LogP contribution in [0.3, 0.4) is 0 Å². The average Bonchev–Trinajstić information content (AvgIpc) is 2.07. The van der Waals surface area contributed by atoms with Gasteiger partial charge in [-0.15, -0.1) is 0 Å². The van der Waals surface area contributed by atoms with Crippen LogP contribution in [0.5, 0.6) is 5.75 Å². The van der Waals surface area contributed by atoms with Gasteiger partial charge in [0.1, 0.15) is 11.4 Å². The van der Waals surface area contributed by atoms with Gasteiger partial charge in [0, 0.05) is 4.47 Å². The Morgan fingerprint density at radius 3 is 2.73 bits per heavy atom. The molecule has 0 aliphatic carbocycles. The Balaban J connectivity index is 2.56. The molecule has 2 rings (SSSR count). The molecule has 0 saturated carbocycles. The second-order valence-electron chi connectivity index (χ2n) is 4.56. The highest BCUT2D eigenvalue weighted by atomic mass is 79.9. The molecule has 15 heavy (non-hydrogen) atoms. The summed E-state index contributed by atoms with van der Waals surface area (Å²) in [6, 6.07) is 3.76. The maximum absolute atomic E-state index is 11.9. The summed E-state index contributed by atoms with van der Waals surface area (Å²) in [4.78, 5) is 11.9. The molecule has 0 bridgehead atoms. The molecular formula is C12H13BrO2. The van der Waals surface area contributed by atoms with Crippen LogP contribution in [0.4, 0.5) is 0 Å². The highest BCUT2D eigenvalue weighted by Gasteiger charge is 2.32. The molecule has 1 heterocycles. The van der Waals surface area contributed by atoms with Gasteiger partial charge >= 0.3 is 0 Å². The fourth-order valence-electron chi connectivity index (χ4n) is 1.78. The fourth-order valence-corrected chi connectivity index (χ4v) is 2.10. The van der Waals surface area contributed by atoms with Gasteiger partial charge in [-0.05, 0) is 38.5 Å². The molecule has 1 aliphatic heterocycles. The van der Waals surface area contributed by atoms with Crippen LogP contribution >= 0.6 is 15.9 Å². The van der Waals surface area contributed by atoms with Gasteiger partial charge in [-0.3, -0.25) is 4.79 Å². The SMILES string of the molecule is Cc1cc2c(cc1Br)OC(C)(C)CC2=O. The number of Topliss-reactive ketones (excluding diaryl/α,β-unsaturated/α-hetero) is 1. The Morgan fingerprint density at radius 1 is 1.40 bits per heavy atom. The molecule has 0 saturated heterocycles. The van der Waals surface area contributed by atoms with Gasteiger partial charge in [0.25, 0.3) is 0 Å². The van der Waals surface area contributed by atoms with Crippen LogP contribution in [-0.2, 0) is 0 Å². The van der Waals surface area contributed by atoms with Gasteiger partial charge in [-0.2, -0.15) is 0 Å². The lowest BCUT2D eigenvalue weighted by molar-refractivity contribution is 0.0619. The molecule has 0 atom stereocenters. The van der Waals surface area contributed by atoms with E-state index >= 15 is 0 Å². The number of benzene rings is 1. The van der Waals surface area contributed by atoms with Gasteiger partial charge in [0.2, 0.25) is 0 Å². The quantitative estimate of drug-likeness (QED) is 0.720. The first-order valence-electron chi connectivity index (χ1n) is 4.91. The van der Waals surface area contributed by atoms with Crippen molar-refractivity contribution in [2.24, 2.45) is 0 Å². The van der Waals surface area contributed by atoms with Crippen molar-refractivity contribution in [1.82, 2.24) is 0 Å². The lowest BCUT2D eigenvalue weighted by Crippen LogP contribution is -2.35. The van der Waals surface area contributed by atoms with E-state index in [0.717, 1.165) is 10.0 Å². The highest BCUT2D eigenvalue weighted by Crippen LogP contribution is 2.36. The van der Waals surface area contributed by atoms with Crippen LogP contribution in [0.1, 0.15) is 36.2 Å². The predicted octanol–water partition coefficient (Wildman–Crippen LogP) is 3.50. The Kier molecular flexibility index (Phi) is 2.38. The van der Waals surface area contributed by atoms with Crippen LogP contribution < -0.4 is 4.74 Å². The molecule has 1 aliphatic rings. The van der Waals surface area contributed by atoms with Crippen molar-refractivity contribution in [2.75, 3.05) is 0 Å². The molecule has 1 aromatic carbocycles. The zero-order valence-electron chi connectivity index (χ0n) is 9.06. The molecule has 0 unspecified atom stereocenters. The number of rotatable bonds is 0. The minimum Gasteiger partial charge on any atom is -0.487 e. The standard InChI is InChI=1S/C12H13BrO2/c1-7-4-8-10(14)6-12(2,3)15-11(8)5-9(7)13/h4-5H,6H2,1-3H3. The first kappa shape index (κ1) is 10.7. The number of carbonyl (C=O) groups excluding carboxylic acids is 1. The minimum atomic E-state index is -0.390. The maximum atomic E-state index is 11.9. The second-order valence-corrected chi connectivity index (χ2v) is 5.41. The Hall–Kier alpha value is -0.830. The van der Waals surface area contributed by atoms with E-state index in [1.165, 1.54) is 0 Å². The second kappa shape index (κ2) is 3.34. The van der Waals surface area contributed by atoms with Gasteiger partial charge in [0.05, 0.1) is 12.0 Å². The molecule has 1 aromatic rings. The van der Waals surface area contributed by atoms with Crippen molar-refractivity contribution in [2.45, 2.75) is 32.8 Å². The molecule has 0 radical (unpaired) electrons. The van der Waals surface area contributed by atoms with E-state index in [1.54, 1.807) is 0 Å². The van der Waals surface area contributed by atoms with Crippen molar-refractivity contribution in [3.63, 3.8) is 0 Å². The number of aryl methyl sites for hydroxylation is 1. The number of ether oxygens (including phenoxy) is 1. The van der Waals surface area contributed by atoms with Gasteiger partial charge in [-0.1, -0.05) is 15.9 Å². The third-order valence-corrected chi connectivity index (χ3v) is 3.39. The zero-order valence-corrected chi connectivity index (χ0v) is 10.6. The summed E-state index contributed by atoms with van der Waals surface area (Å²) in [5.74, 6) is 0.852. The molecule has 3 heteroatoms. The fraction of sp³-hybridized carbons (Fsp3) is 0.417. The van der Waals surface area contributed by atoms with Crippen LogP contribution in [0, 0.1) is 6.92 Å². The molecule has 0 spiro atoms. The molecule has 0 N–H and O–H groups in total. The van der Waals surface area contributed by atoms with E-state index in [-0.39, 0.29) is 5.78 Å². The van der Waals surface area contributed by atoms with Crippen LogP contribution in [-0.4, -0.2) is 11.4 Å². The third kappa shape index (κ3) is 1.93. The Bertz CT molecular complexity index is 435. The van der Waals surface area contributed by atoms with Crippen LogP contribution in [0.25, 0.3) is 0 Å². The van der Waals surface area contributed by atoms with Crippen molar-refractivity contribution < 1.29 is 9.53 Å². The van der Waals surface area contributed by atoms with Gasteiger partial charge in [-0.25, -0.2) is 0 Å². The highest BCUT2D eigenvalue weighted by molar-refractivity contribution is 9.10. The molecule has 2 nitrogen and oxygen atoms in total. The summed E-state index contributed by atoms with van der Waals surface area (Å²) in [5.41, 5.74) is 1.37. The number of halogens is 1. The van der Waals surface area contributed by atoms with Crippen molar-refractivity contribution in [1.29, 1.82) is 0 Å². The zero-order chi connectivity index (χ0) is 11.2. The van der Waals surface area contributed by atoms with Gasteiger partial charge < -0.3 is 4.74 Å². The Labute approximate surface area is 97.8 Å². The lowest BCUT2D eigenvalue weighted by Gasteiger charge is -2.31. The van der Waals surface area contributed by atoms with Gasteiger partial charge in [0.15, 0.2) is 5.78 Å². The summed E-state index contributed by atoms with van der Waals surface area (Å²) >= 11 is 3.44. The van der Waals surface area contributed by atoms with E-state index in [0.29, 0.717) is 17.7 Å². The predicted molar refractivity (Wildman–Crippen MR) is 62.5 cm³/mol. The Morgan fingerprint density at radius 2 is 2.07 bits per heavy atom. The monoisotopic (exact) mass is 268 g/mol. The number of carbonyl (C=O) groups is 1. The molecule has 80 valence electrons. The summed E-state index contributed by atoms with van der Waals surface area (Å²) < 4.78 is 6.75. The van der Waals surface area contributed by atoms with E-state index in [9.17, 15) is 4.79 Å². The van der Waals surface area contributed by atoms with Crippen molar-refractivity contribution >= 4 is 21.7 Å². The largest absolute Gasteiger partial charge is 0.487 e. The number of hydrogen-bond donors (Lipinski definition) is 0. The maximum Gasteiger partial charge on any atom is 0.170 e. The number of fused-ring (bicyclic) bond motifs is 1. The van der Waals surface area contributed by atoms with Crippen molar-refractivity contribution in [3.05, 3.63) is 27.7 Å². The van der Waals surface area contributed by atoms with E-state index in [1.807, 2.05) is 32.9 Å². The number of hydrogen-bond acceptors (Lipinski definition) is 2. The topological polar surface area (TPSA) is 26.3 Å². The van der Waals surface area contributed by atoms with Crippen LogP contribution in [0.2, 0.25) is 0 Å². The first-order chi connectivity index (χ1) is 6.89. The summed E-state index contributed by atoms with van der Waals surface area (Å²) in [5, 5.41) is 0. The third-order valence-electron chi connectivity index (χ3n) is 2.53. The normalized spacial score (nSPS) is 18.3. The molecule has 0 aromatic heterocycles. The first-order valence-corrected chi connectivity index (χ1v) is 5.71. The summed E-state index contributed by atoms with van der Waals surface area (Å²) in [6.45, 7) is 5.83. The number of ketones is 1. The molecular weight excluding hydrogens is 256 g/mol. The smallest absolute Gasteiger partial charge is 0.170 e. The summed E-state index contributed by atoms with van der Waals surface area (Å²) in [7, 11) is 0. The average molecular weight is 269 g/mol. The van der Waals surface area contributed by atoms with E-state index < -0.39 is 5.60 Å². The van der Waals surface area contributed by atoms with E-state index in [2.05, 4.69) is 15.9 Å². The molecule has 0 fully saturated rings.